The lowest BCUT2D eigenvalue weighted by atomic mass is 10.1. The molecule has 7 nitrogen and oxygen atoms in total. The Balaban J connectivity index is 1.67. The first-order valence-corrected chi connectivity index (χ1v) is 10.6. The van der Waals surface area contributed by atoms with Crippen LogP contribution in [0.5, 0.6) is 5.75 Å². The second kappa shape index (κ2) is 11.6. The number of nitrogens with one attached hydrogen (secondary N) is 2. The highest BCUT2D eigenvalue weighted by molar-refractivity contribution is 6.03. The molecular weight excluding hydrogens is 420 g/mol. The van der Waals surface area contributed by atoms with Crippen molar-refractivity contribution >= 4 is 23.3 Å². The number of rotatable bonds is 10. The van der Waals surface area contributed by atoms with Crippen molar-refractivity contribution in [3.63, 3.8) is 0 Å². The summed E-state index contributed by atoms with van der Waals surface area (Å²) in [7, 11) is 0. The summed E-state index contributed by atoms with van der Waals surface area (Å²) in [5, 5.41) is 5.28. The lowest BCUT2D eigenvalue weighted by molar-refractivity contribution is -0.122. The van der Waals surface area contributed by atoms with Gasteiger partial charge in [-0.25, -0.2) is 0 Å². The molecule has 0 spiro atoms. The summed E-state index contributed by atoms with van der Waals surface area (Å²) in [4.78, 5) is 38.0. The molecule has 0 saturated carbocycles. The van der Waals surface area contributed by atoms with Crippen LogP contribution in [0.3, 0.4) is 0 Å². The molecule has 3 aromatic carbocycles. The van der Waals surface area contributed by atoms with Crippen molar-refractivity contribution in [2.24, 2.45) is 0 Å². The number of ether oxygens (including phenoxy) is 2. The zero-order valence-corrected chi connectivity index (χ0v) is 18.5. The van der Waals surface area contributed by atoms with E-state index in [1.807, 2.05) is 13.8 Å². The second-order valence-electron chi connectivity index (χ2n) is 7.50. The minimum atomic E-state index is -1.33. The van der Waals surface area contributed by atoms with E-state index >= 15 is 0 Å². The average molecular weight is 447 g/mol. The van der Waals surface area contributed by atoms with Gasteiger partial charge in [-0.2, -0.15) is 0 Å². The van der Waals surface area contributed by atoms with Gasteiger partial charge < -0.3 is 20.1 Å². The van der Waals surface area contributed by atoms with Crippen LogP contribution in [0.2, 0.25) is 0 Å². The van der Waals surface area contributed by atoms with E-state index in [1.165, 1.54) is 0 Å². The monoisotopic (exact) mass is 446 g/mol. The summed E-state index contributed by atoms with van der Waals surface area (Å²) in [5.41, 5.74) is 1.26. The number of carbonyl (C=O) groups is 3. The first kappa shape index (κ1) is 23.7. The van der Waals surface area contributed by atoms with Crippen molar-refractivity contribution in [2.75, 3.05) is 11.9 Å². The molecule has 1 atom stereocenters. The van der Waals surface area contributed by atoms with Crippen molar-refractivity contribution < 1.29 is 23.9 Å². The third-order valence-electron chi connectivity index (χ3n) is 4.47. The van der Waals surface area contributed by atoms with Crippen molar-refractivity contribution in [1.29, 1.82) is 0 Å². The molecule has 0 saturated heterocycles. The number of anilines is 1. The van der Waals surface area contributed by atoms with Crippen molar-refractivity contribution in [3.8, 4) is 5.75 Å². The van der Waals surface area contributed by atoms with Crippen LogP contribution in [0, 0.1) is 0 Å². The molecule has 2 amide bonds. The molecule has 0 aliphatic carbocycles. The summed E-state index contributed by atoms with van der Waals surface area (Å²) in [6.07, 6.45) is -1.33. The highest BCUT2D eigenvalue weighted by Gasteiger charge is 2.24. The molecule has 0 fully saturated rings. The van der Waals surface area contributed by atoms with Crippen LogP contribution in [0.4, 0.5) is 5.69 Å². The Kier molecular flexibility index (Phi) is 8.32. The van der Waals surface area contributed by atoms with Gasteiger partial charge in [0.1, 0.15) is 12.4 Å². The summed E-state index contributed by atoms with van der Waals surface area (Å²) in [6, 6.07) is 23.9. The van der Waals surface area contributed by atoms with E-state index in [-0.39, 0.29) is 6.10 Å². The minimum absolute atomic E-state index is 0.00253. The maximum atomic E-state index is 12.9. The largest absolute Gasteiger partial charge is 0.491 e. The summed E-state index contributed by atoms with van der Waals surface area (Å²) in [6.45, 7) is 3.38. The van der Waals surface area contributed by atoms with Crippen LogP contribution < -0.4 is 15.4 Å². The fourth-order valence-electron chi connectivity index (χ4n) is 3.00. The predicted molar refractivity (Wildman–Crippen MR) is 125 cm³/mol. The molecule has 0 radical (unpaired) electrons. The molecule has 3 aromatic rings. The van der Waals surface area contributed by atoms with Crippen LogP contribution in [-0.4, -0.2) is 36.5 Å². The van der Waals surface area contributed by atoms with Crippen molar-refractivity contribution in [3.05, 3.63) is 96.1 Å². The summed E-state index contributed by atoms with van der Waals surface area (Å²) >= 11 is 0. The molecule has 0 aromatic heterocycles. The fourth-order valence-corrected chi connectivity index (χ4v) is 3.00. The number of Topliss-reactive ketones (excluding diaryl/α,β-unsaturated/α-hetero) is 1. The van der Waals surface area contributed by atoms with Gasteiger partial charge in [0.15, 0.2) is 6.23 Å². The van der Waals surface area contributed by atoms with E-state index in [0.717, 1.165) is 0 Å². The molecular formula is C26H26N2O5. The van der Waals surface area contributed by atoms with Crippen LogP contribution in [0.15, 0.2) is 84.9 Å². The van der Waals surface area contributed by atoms with Crippen LogP contribution in [0.1, 0.15) is 34.6 Å². The van der Waals surface area contributed by atoms with Gasteiger partial charge in [-0.3, -0.25) is 14.4 Å². The summed E-state index contributed by atoms with van der Waals surface area (Å²) < 4.78 is 11.2. The van der Waals surface area contributed by atoms with Gasteiger partial charge in [0.2, 0.25) is 11.7 Å². The maximum Gasteiger partial charge on any atom is 0.253 e. The first-order valence-electron chi connectivity index (χ1n) is 10.6. The topological polar surface area (TPSA) is 93.7 Å². The van der Waals surface area contributed by atoms with Gasteiger partial charge in [0.05, 0.1) is 6.10 Å². The molecule has 0 heterocycles. The Hall–Kier alpha value is -3.97. The molecule has 0 bridgehead atoms. The van der Waals surface area contributed by atoms with Crippen LogP contribution >= 0.6 is 0 Å². The molecule has 2 N–H and O–H groups in total. The zero-order chi connectivity index (χ0) is 23.6. The molecule has 7 heteroatoms. The molecule has 170 valence electrons. The summed E-state index contributed by atoms with van der Waals surface area (Å²) in [5.74, 6) is -0.795. The number of ketones is 1. The first-order chi connectivity index (χ1) is 15.9. The number of hydrogen-bond acceptors (Lipinski definition) is 5. The van der Waals surface area contributed by atoms with Gasteiger partial charge >= 0.3 is 0 Å². The van der Waals surface area contributed by atoms with E-state index in [0.29, 0.717) is 22.6 Å². The van der Waals surface area contributed by atoms with E-state index in [1.54, 1.807) is 84.9 Å². The van der Waals surface area contributed by atoms with Gasteiger partial charge in [0, 0.05) is 22.9 Å². The van der Waals surface area contributed by atoms with Crippen LogP contribution in [0.25, 0.3) is 0 Å². The number of hydrogen-bond donors (Lipinski definition) is 2. The minimum Gasteiger partial charge on any atom is -0.491 e. The second-order valence-corrected chi connectivity index (χ2v) is 7.50. The van der Waals surface area contributed by atoms with Gasteiger partial charge in [0.25, 0.3) is 5.91 Å². The van der Waals surface area contributed by atoms with Gasteiger partial charge in [-0.1, -0.05) is 54.6 Å². The number of amides is 2. The molecule has 1 unspecified atom stereocenters. The zero-order valence-electron chi connectivity index (χ0n) is 18.5. The Labute approximate surface area is 192 Å². The van der Waals surface area contributed by atoms with E-state index < -0.39 is 30.4 Å². The Morgan fingerprint density at radius 3 is 2.09 bits per heavy atom. The average Bonchev–Trinajstić information content (AvgIpc) is 2.82. The van der Waals surface area contributed by atoms with Crippen LogP contribution in [-0.2, 0) is 9.53 Å². The lowest BCUT2D eigenvalue weighted by Gasteiger charge is -2.18. The highest BCUT2D eigenvalue weighted by atomic mass is 16.5. The van der Waals surface area contributed by atoms with Crippen molar-refractivity contribution in [1.82, 2.24) is 5.32 Å². The Bertz CT molecular complexity index is 1080. The third-order valence-corrected chi connectivity index (χ3v) is 4.47. The fraction of sp³-hybridized carbons (Fsp3) is 0.192. The van der Waals surface area contributed by atoms with Crippen molar-refractivity contribution in [2.45, 2.75) is 26.2 Å². The SMILES string of the molecule is CC(C)Oc1cccc(NC(=O)COC(NC(=O)c2ccccc2)C(=O)c2ccccc2)c1. The third kappa shape index (κ3) is 7.29. The standard InChI is InChI=1S/C26H26N2O5/c1-18(2)33-22-15-9-14-21(16-22)27-23(29)17-32-26(24(30)19-10-5-3-6-11-19)28-25(31)20-12-7-4-8-13-20/h3-16,18,26H,17H2,1-2H3,(H,27,29)(H,28,31). The maximum absolute atomic E-state index is 12.9. The molecule has 0 aliphatic heterocycles. The van der Waals surface area contributed by atoms with E-state index in [4.69, 9.17) is 9.47 Å². The number of benzene rings is 3. The van der Waals surface area contributed by atoms with E-state index in [2.05, 4.69) is 10.6 Å². The predicted octanol–water partition coefficient (Wildman–Crippen LogP) is 4.07. The highest BCUT2D eigenvalue weighted by Crippen LogP contribution is 2.18. The smallest absolute Gasteiger partial charge is 0.253 e. The van der Waals surface area contributed by atoms with Gasteiger partial charge in [-0.05, 0) is 38.1 Å². The molecule has 33 heavy (non-hydrogen) atoms. The molecule has 0 aliphatic rings. The quantitative estimate of drug-likeness (QED) is 0.362. The Morgan fingerprint density at radius 2 is 1.45 bits per heavy atom. The lowest BCUT2D eigenvalue weighted by Crippen LogP contribution is -2.44. The normalized spacial score (nSPS) is 11.5. The van der Waals surface area contributed by atoms with E-state index in [9.17, 15) is 14.4 Å². The van der Waals surface area contributed by atoms with Gasteiger partial charge in [-0.15, -0.1) is 0 Å². The Morgan fingerprint density at radius 1 is 0.818 bits per heavy atom. The number of carbonyl (C=O) groups excluding carboxylic acids is 3. The molecule has 3 rings (SSSR count).